The second kappa shape index (κ2) is 9.17. The van der Waals surface area contributed by atoms with Crippen molar-refractivity contribution in [2.75, 3.05) is 20.8 Å². The Hall–Kier alpha value is -3.22. The standard InChI is InChI=1S/C18H20N2O5/c1-23-14-9-7-13(8-10-14)18(22)20-19-17(21)11-12-25-16-6-4-3-5-15(16)24-2/h3-10H,11-12H2,1-2H3,(H,19,21)(H,20,22). The predicted octanol–water partition coefficient (Wildman–Crippen LogP) is 1.93. The second-order valence-corrected chi connectivity index (χ2v) is 4.98. The predicted molar refractivity (Wildman–Crippen MR) is 91.7 cm³/mol. The average molecular weight is 344 g/mol. The zero-order valence-corrected chi connectivity index (χ0v) is 14.1. The van der Waals surface area contributed by atoms with Crippen LogP contribution >= 0.6 is 0 Å². The Morgan fingerprint density at radius 2 is 1.56 bits per heavy atom. The van der Waals surface area contributed by atoms with Crippen molar-refractivity contribution in [3.63, 3.8) is 0 Å². The maximum atomic E-state index is 11.9. The molecule has 25 heavy (non-hydrogen) atoms. The van der Waals surface area contributed by atoms with Gasteiger partial charge in [-0.05, 0) is 36.4 Å². The highest BCUT2D eigenvalue weighted by Gasteiger charge is 2.08. The Morgan fingerprint density at radius 3 is 2.20 bits per heavy atom. The quantitative estimate of drug-likeness (QED) is 0.750. The van der Waals surface area contributed by atoms with Crippen molar-refractivity contribution >= 4 is 11.8 Å². The Balaban J connectivity index is 1.73. The molecule has 0 aliphatic rings. The minimum absolute atomic E-state index is 0.0843. The molecule has 132 valence electrons. The summed E-state index contributed by atoms with van der Waals surface area (Å²) in [5.41, 5.74) is 5.10. The number of hydrogen-bond donors (Lipinski definition) is 2. The molecule has 0 aromatic heterocycles. The van der Waals surface area contributed by atoms with Crippen molar-refractivity contribution < 1.29 is 23.8 Å². The summed E-state index contributed by atoms with van der Waals surface area (Å²) in [4.78, 5) is 23.7. The van der Waals surface area contributed by atoms with Gasteiger partial charge in [-0.25, -0.2) is 0 Å². The second-order valence-electron chi connectivity index (χ2n) is 4.98. The van der Waals surface area contributed by atoms with E-state index in [-0.39, 0.29) is 18.9 Å². The van der Waals surface area contributed by atoms with Crippen LogP contribution in [0, 0.1) is 0 Å². The summed E-state index contributed by atoms with van der Waals surface area (Å²) in [5, 5.41) is 0. The van der Waals surface area contributed by atoms with Crippen LogP contribution in [0.2, 0.25) is 0 Å². The van der Waals surface area contributed by atoms with Crippen molar-refractivity contribution in [2.24, 2.45) is 0 Å². The Kier molecular flexibility index (Phi) is 6.65. The molecule has 7 nitrogen and oxygen atoms in total. The van der Waals surface area contributed by atoms with Crippen LogP contribution in [0.4, 0.5) is 0 Å². The van der Waals surface area contributed by atoms with Crippen molar-refractivity contribution in [2.45, 2.75) is 6.42 Å². The minimum Gasteiger partial charge on any atom is -0.497 e. The first-order chi connectivity index (χ1) is 12.1. The molecule has 0 aliphatic heterocycles. The Bertz CT molecular complexity index is 716. The first-order valence-corrected chi connectivity index (χ1v) is 7.63. The molecule has 0 radical (unpaired) electrons. The van der Waals surface area contributed by atoms with E-state index in [4.69, 9.17) is 14.2 Å². The van der Waals surface area contributed by atoms with E-state index in [0.29, 0.717) is 22.8 Å². The lowest BCUT2D eigenvalue weighted by Crippen LogP contribution is -2.42. The third kappa shape index (κ3) is 5.42. The molecular weight excluding hydrogens is 324 g/mol. The Labute approximate surface area is 145 Å². The van der Waals surface area contributed by atoms with Crippen LogP contribution in [-0.2, 0) is 4.79 Å². The molecule has 2 aromatic carbocycles. The van der Waals surface area contributed by atoms with Crippen LogP contribution in [0.25, 0.3) is 0 Å². The maximum Gasteiger partial charge on any atom is 0.269 e. The average Bonchev–Trinajstić information content (AvgIpc) is 2.66. The Morgan fingerprint density at radius 1 is 0.880 bits per heavy atom. The lowest BCUT2D eigenvalue weighted by molar-refractivity contribution is -0.122. The van der Waals surface area contributed by atoms with Crippen LogP contribution < -0.4 is 25.1 Å². The van der Waals surface area contributed by atoms with Crippen molar-refractivity contribution in [3.8, 4) is 17.2 Å². The molecule has 0 unspecified atom stereocenters. The number of rotatable bonds is 7. The number of nitrogens with one attached hydrogen (secondary N) is 2. The molecule has 0 fully saturated rings. The van der Waals surface area contributed by atoms with Gasteiger partial charge in [-0.15, -0.1) is 0 Å². The molecular formula is C18H20N2O5. The van der Waals surface area contributed by atoms with E-state index >= 15 is 0 Å². The summed E-state index contributed by atoms with van der Waals surface area (Å²) in [7, 11) is 3.09. The zero-order valence-electron chi connectivity index (χ0n) is 14.1. The smallest absolute Gasteiger partial charge is 0.269 e. The first kappa shape index (κ1) is 18.1. The van der Waals surface area contributed by atoms with Gasteiger partial charge in [-0.1, -0.05) is 12.1 Å². The number of hydrogen-bond acceptors (Lipinski definition) is 5. The van der Waals surface area contributed by atoms with E-state index in [0.717, 1.165) is 0 Å². The van der Waals surface area contributed by atoms with Crippen LogP contribution in [0.1, 0.15) is 16.8 Å². The maximum absolute atomic E-state index is 11.9. The SMILES string of the molecule is COc1ccc(C(=O)NNC(=O)CCOc2ccccc2OC)cc1. The van der Waals surface area contributed by atoms with E-state index in [1.54, 1.807) is 50.6 Å². The van der Waals surface area contributed by atoms with E-state index < -0.39 is 5.91 Å². The zero-order chi connectivity index (χ0) is 18.1. The summed E-state index contributed by atoms with van der Waals surface area (Å²) in [6, 6.07) is 13.7. The van der Waals surface area contributed by atoms with Gasteiger partial charge in [0.2, 0.25) is 5.91 Å². The fourth-order valence-corrected chi connectivity index (χ4v) is 2.00. The monoisotopic (exact) mass is 344 g/mol. The van der Waals surface area contributed by atoms with Gasteiger partial charge in [0.15, 0.2) is 11.5 Å². The van der Waals surface area contributed by atoms with Gasteiger partial charge in [0, 0.05) is 5.56 Å². The van der Waals surface area contributed by atoms with Gasteiger partial charge in [-0.3, -0.25) is 20.4 Å². The van der Waals surface area contributed by atoms with Crippen LogP contribution in [0.15, 0.2) is 48.5 Å². The molecule has 2 N–H and O–H groups in total. The van der Waals surface area contributed by atoms with E-state index in [2.05, 4.69) is 10.9 Å². The fraction of sp³-hybridized carbons (Fsp3) is 0.222. The fourth-order valence-electron chi connectivity index (χ4n) is 2.00. The first-order valence-electron chi connectivity index (χ1n) is 7.63. The van der Waals surface area contributed by atoms with E-state index in [9.17, 15) is 9.59 Å². The number of amides is 2. The topological polar surface area (TPSA) is 85.9 Å². The van der Waals surface area contributed by atoms with E-state index in [1.807, 2.05) is 12.1 Å². The number of benzene rings is 2. The highest BCUT2D eigenvalue weighted by atomic mass is 16.5. The van der Waals surface area contributed by atoms with Gasteiger partial charge in [0.25, 0.3) is 5.91 Å². The molecule has 0 aliphatic carbocycles. The highest BCUT2D eigenvalue weighted by Crippen LogP contribution is 2.25. The van der Waals surface area contributed by atoms with Crippen LogP contribution in [0.3, 0.4) is 0 Å². The number of ether oxygens (including phenoxy) is 3. The number of carbonyl (C=O) groups is 2. The molecule has 0 heterocycles. The molecule has 0 atom stereocenters. The summed E-state index contributed by atoms with van der Waals surface area (Å²) in [5.74, 6) is 1.02. The van der Waals surface area contributed by atoms with E-state index in [1.165, 1.54) is 0 Å². The van der Waals surface area contributed by atoms with Gasteiger partial charge in [0.05, 0.1) is 27.2 Å². The number of methoxy groups -OCH3 is 2. The molecule has 7 heteroatoms. The molecule has 0 bridgehead atoms. The summed E-state index contributed by atoms with van der Waals surface area (Å²) in [6.45, 7) is 0.157. The molecule has 2 aromatic rings. The van der Waals surface area contributed by atoms with Gasteiger partial charge < -0.3 is 14.2 Å². The number of para-hydroxylation sites is 2. The largest absolute Gasteiger partial charge is 0.497 e. The third-order valence-electron chi connectivity index (χ3n) is 3.32. The molecule has 0 spiro atoms. The van der Waals surface area contributed by atoms with Crippen LogP contribution in [0.5, 0.6) is 17.2 Å². The van der Waals surface area contributed by atoms with Crippen molar-refractivity contribution in [1.82, 2.24) is 10.9 Å². The summed E-state index contributed by atoms with van der Waals surface area (Å²) in [6.07, 6.45) is 0.0843. The lowest BCUT2D eigenvalue weighted by atomic mass is 10.2. The van der Waals surface area contributed by atoms with Gasteiger partial charge >= 0.3 is 0 Å². The highest BCUT2D eigenvalue weighted by molar-refractivity contribution is 5.95. The normalized spacial score (nSPS) is 9.84. The summed E-state index contributed by atoms with van der Waals surface area (Å²) >= 11 is 0. The molecule has 2 amide bonds. The third-order valence-corrected chi connectivity index (χ3v) is 3.32. The summed E-state index contributed by atoms with van der Waals surface area (Å²) < 4.78 is 15.7. The van der Waals surface area contributed by atoms with Gasteiger partial charge in [-0.2, -0.15) is 0 Å². The molecule has 2 rings (SSSR count). The number of hydrazine groups is 1. The molecule has 0 saturated heterocycles. The van der Waals surface area contributed by atoms with Crippen molar-refractivity contribution in [1.29, 1.82) is 0 Å². The van der Waals surface area contributed by atoms with Crippen molar-refractivity contribution in [3.05, 3.63) is 54.1 Å². The van der Waals surface area contributed by atoms with Crippen LogP contribution in [-0.4, -0.2) is 32.6 Å². The lowest BCUT2D eigenvalue weighted by Gasteiger charge is -2.11. The number of carbonyl (C=O) groups excluding carboxylic acids is 2. The molecule has 0 saturated carbocycles. The van der Waals surface area contributed by atoms with Gasteiger partial charge in [0.1, 0.15) is 5.75 Å². The minimum atomic E-state index is -0.415.